The first-order chi connectivity index (χ1) is 13.6. The lowest BCUT2D eigenvalue weighted by atomic mass is 9.79. The fraction of sp³-hybridized carbons (Fsp3) is 0.400. The second-order valence-corrected chi connectivity index (χ2v) is 9.24. The molecule has 2 aromatic rings. The summed E-state index contributed by atoms with van der Waals surface area (Å²) >= 11 is 0. The Balaban J connectivity index is 1.68. The van der Waals surface area contributed by atoms with Crippen LogP contribution in [0, 0.1) is 19.3 Å². The Morgan fingerprint density at radius 2 is 1.72 bits per heavy atom. The van der Waals surface area contributed by atoms with Crippen LogP contribution < -0.4 is 15.4 Å². The number of hydrogen-bond acceptors (Lipinski definition) is 3. The number of aryl methyl sites for hydroxylation is 1. The summed E-state index contributed by atoms with van der Waals surface area (Å²) in [4.78, 5) is 12.8. The van der Waals surface area contributed by atoms with Gasteiger partial charge in [0.15, 0.2) is 0 Å². The van der Waals surface area contributed by atoms with Gasteiger partial charge in [-0.3, -0.25) is 4.79 Å². The van der Waals surface area contributed by atoms with E-state index >= 15 is 0 Å². The average Bonchev–Trinajstić information content (AvgIpc) is 2.59. The summed E-state index contributed by atoms with van der Waals surface area (Å²) in [6.07, 6.45) is 7.35. The summed E-state index contributed by atoms with van der Waals surface area (Å²) < 4.78 is 5.94. The highest BCUT2D eigenvalue weighted by Crippen LogP contribution is 2.29. The molecule has 1 aliphatic heterocycles. The predicted molar refractivity (Wildman–Crippen MR) is 117 cm³/mol. The van der Waals surface area contributed by atoms with E-state index in [-0.39, 0.29) is 23.0 Å². The molecule has 0 spiro atoms. The summed E-state index contributed by atoms with van der Waals surface area (Å²) in [5, 5.41) is 6.83. The predicted octanol–water partition coefficient (Wildman–Crippen LogP) is 4.81. The van der Waals surface area contributed by atoms with Crippen molar-refractivity contribution < 1.29 is 9.53 Å². The molecule has 2 N–H and O–H groups in total. The van der Waals surface area contributed by atoms with Crippen LogP contribution in [0.15, 0.2) is 42.5 Å². The maximum absolute atomic E-state index is 12.8. The topological polar surface area (TPSA) is 50.4 Å². The number of carbonyl (C=O) groups is 1. The lowest BCUT2D eigenvalue weighted by Crippen LogP contribution is -2.62. The first kappa shape index (κ1) is 21.0. The van der Waals surface area contributed by atoms with Gasteiger partial charge in [-0.15, -0.1) is 6.42 Å². The van der Waals surface area contributed by atoms with Crippen LogP contribution in [-0.4, -0.2) is 23.0 Å². The number of terminal acetylenes is 1. The molecule has 0 atom stereocenters. The van der Waals surface area contributed by atoms with Crippen molar-refractivity contribution >= 4 is 5.91 Å². The first-order valence-corrected chi connectivity index (χ1v) is 10.0. The Bertz CT molecular complexity index is 920. The van der Waals surface area contributed by atoms with Crippen molar-refractivity contribution in [3.8, 4) is 23.8 Å². The van der Waals surface area contributed by atoms with Gasteiger partial charge in [0.05, 0.1) is 5.56 Å². The van der Waals surface area contributed by atoms with E-state index in [9.17, 15) is 4.79 Å². The molecule has 3 rings (SSSR count). The van der Waals surface area contributed by atoms with Gasteiger partial charge in [0.2, 0.25) is 0 Å². The van der Waals surface area contributed by atoms with Crippen molar-refractivity contribution in [2.24, 2.45) is 0 Å². The standard InChI is InChI=1S/C25H30N2O2/c1-7-18-9-8-17(2)14-22(18)29-21-12-10-19(11-13-21)23(28)26-20-15-24(3,4)27-25(5,6)16-20/h1,8-14,20,27H,15-16H2,2-6H3,(H,26,28). The maximum Gasteiger partial charge on any atom is 0.251 e. The Morgan fingerprint density at radius 3 is 2.31 bits per heavy atom. The van der Waals surface area contributed by atoms with Crippen molar-refractivity contribution in [2.45, 2.75) is 64.6 Å². The van der Waals surface area contributed by atoms with Gasteiger partial charge in [0, 0.05) is 22.7 Å². The summed E-state index contributed by atoms with van der Waals surface area (Å²) in [7, 11) is 0. The van der Waals surface area contributed by atoms with Gasteiger partial charge in [-0.2, -0.15) is 0 Å². The number of hydrogen-bond donors (Lipinski definition) is 2. The minimum absolute atomic E-state index is 0.0139. The summed E-state index contributed by atoms with van der Waals surface area (Å²) in [6.45, 7) is 10.7. The number of ether oxygens (including phenoxy) is 1. The Hall–Kier alpha value is -2.77. The van der Waals surface area contributed by atoms with Crippen molar-refractivity contribution in [3.63, 3.8) is 0 Å². The molecule has 1 amide bonds. The van der Waals surface area contributed by atoms with E-state index in [4.69, 9.17) is 11.2 Å². The SMILES string of the molecule is C#Cc1ccc(C)cc1Oc1ccc(C(=O)NC2CC(C)(C)NC(C)(C)C2)cc1. The van der Waals surface area contributed by atoms with Crippen LogP contribution in [0.2, 0.25) is 0 Å². The fourth-order valence-electron chi connectivity index (χ4n) is 4.33. The van der Waals surface area contributed by atoms with E-state index in [1.54, 1.807) is 24.3 Å². The third-order valence-electron chi connectivity index (χ3n) is 5.16. The van der Waals surface area contributed by atoms with Gasteiger partial charge < -0.3 is 15.4 Å². The molecule has 1 saturated heterocycles. The number of nitrogens with one attached hydrogen (secondary N) is 2. The fourth-order valence-corrected chi connectivity index (χ4v) is 4.33. The molecule has 152 valence electrons. The zero-order valence-corrected chi connectivity index (χ0v) is 17.9. The highest BCUT2D eigenvalue weighted by Gasteiger charge is 2.38. The highest BCUT2D eigenvalue weighted by atomic mass is 16.5. The number of benzene rings is 2. The van der Waals surface area contributed by atoms with Crippen LogP contribution in [-0.2, 0) is 0 Å². The molecule has 0 unspecified atom stereocenters. The number of carbonyl (C=O) groups excluding carboxylic acids is 1. The van der Waals surface area contributed by atoms with Gasteiger partial charge in [0.1, 0.15) is 11.5 Å². The zero-order valence-electron chi connectivity index (χ0n) is 17.9. The second-order valence-electron chi connectivity index (χ2n) is 9.24. The zero-order chi connectivity index (χ0) is 21.2. The van der Waals surface area contributed by atoms with E-state index in [0.717, 1.165) is 18.4 Å². The third-order valence-corrected chi connectivity index (χ3v) is 5.16. The molecule has 4 heteroatoms. The third kappa shape index (κ3) is 5.40. The first-order valence-electron chi connectivity index (χ1n) is 10.0. The second kappa shape index (κ2) is 7.93. The number of rotatable bonds is 4. The molecule has 0 bridgehead atoms. The van der Waals surface area contributed by atoms with E-state index in [2.05, 4.69) is 44.2 Å². The molecule has 4 nitrogen and oxygen atoms in total. The van der Waals surface area contributed by atoms with Gasteiger partial charge in [-0.1, -0.05) is 12.0 Å². The molecule has 1 aliphatic rings. The number of amides is 1. The smallest absolute Gasteiger partial charge is 0.251 e. The average molecular weight is 391 g/mol. The van der Waals surface area contributed by atoms with Crippen LogP contribution in [0.25, 0.3) is 0 Å². The van der Waals surface area contributed by atoms with Crippen molar-refractivity contribution in [2.75, 3.05) is 0 Å². The minimum atomic E-state index is -0.0603. The molecule has 0 aromatic heterocycles. The Morgan fingerprint density at radius 1 is 1.10 bits per heavy atom. The molecule has 0 saturated carbocycles. The quantitative estimate of drug-likeness (QED) is 0.737. The Labute approximate surface area is 174 Å². The largest absolute Gasteiger partial charge is 0.456 e. The molecule has 2 aromatic carbocycles. The van der Waals surface area contributed by atoms with E-state index in [1.807, 2.05) is 25.1 Å². The van der Waals surface area contributed by atoms with Crippen molar-refractivity contribution in [3.05, 3.63) is 59.2 Å². The van der Waals surface area contributed by atoms with Crippen LogP contribution in [0.5, 0.6) is 11.5 Å². The molecule has 0 radical (unpaired) electrons. The van der Waals surface area contributed by atoms with Crippen LogP contribution in [0.4, 0.5) is 0 Å². The van der Waals surface area contributed by atoms with Gasteiger partial charge >= 0.3 is 0 Å². The van der Waals surface area contributed by atoms with E-state index in [1.165, 1.54) is 0 Å². The highest BCUT2D eigenvalue weighted by molar-refractivity contribution is 5.94. The molecule has 1 heterocycles. The molecular weight excluding hydrogens is 360 g/mol. The van der Waals surface area contributed by atoms with Crippen LogP contribution >= 0.6 is 0 Å². The summed E-state index contributed by atoms with van der Waals surface area (Å²) in [5.74, 6) is 3.87. The van der Waals surface area contributed by atoms with Crippen molar-refractivity contribution in [1.29, 1.82) is 0 Å². The summed E-state index contributed by atoms with van der Waals surface area (Å²) in [5.41, 5.74) is 2.36. The number of piperidine rings is 1. The van der Waals surface area contributed by atoms with E-state index < -0.39 is 0 Å². The molecule has 1 fully saturated rings. The van der Waals surface area contributed by atoms with Gasteiger partial charge in [0.25, 0.3) is 5.91 Å². The molecule has 29 heavy (non-hydrogen) atoms. The lowest BCUT2D eigenvalue weighted by Gasteiger charge is -2.46. The maximum atomic E-state index is 12.8. The monoisotopic (exact) mass is 390 g/mol. The normalized spacial score (nSPS) is 17.9. The minimum Gasteiger partial charge on any atom is -0.456 e. The molecule has 0 aliphatic carbocycles. The van der Waals surface area contributed by atoms with Gasteiger partial charge in [-0.05, 0) is 89.4 Å². The van der Waals surface area contributed by atoms with Crippen molar-refractivity contribution in [1.82, 2.24) is 10.6 Å². The Kier molecular flexibility index (Phi) is 5.73. The lowest BCUT2D eigenvalue weighted by molar-refractivity contribution is 0.0873. The molecular formula is C25H30N2O2. The summed E-state index contributed by atoms with van der Waals surface area (Å²) in [6, 6.07) is 13.0. The van der Waals surface area contributed by atoms with Gasteiger partial charge in [-0.25, -0.2) is 0 Å². The van der Waals surface area contributed by atoms with Crippen LogP contribution in [0.1, 0.15) is 62.0 Å². The van der Waals surface area contributed by atoms with Crippen LogP contribution in [0.3, 0.4) is 0 Å². The van der Waals surface area contributed by atoms with E-state index in [0.29, 0.717) is 22.6 Å².